The first-order chi connectivity index (χ1) is 45.1. The molecule has 2 aliphatic rings. The zero-order valence-electron chi connectivity index (χ0n) is 54.1. The SMILES string of the molecule is Brc1c(CC2=NCCC2)ccc2nccnc12.CC(=O)CCCC[C@@H]1CCSS1.CC(=O)Cc1ccccc1Cc1c(Cl)cccc1Cl.CC(=O)c1cccnc1.COc1ccc2cc([C@H](C)C(C)=O)ccc2c1.Cc1ccc(C(=O)c2cccc(CC(=O)O)c2N)cc1. The number of nitrogens with zero attached hydrogens (tertiary/aromatic N) is 4. The van der Waals surface area contributed by atoms with Crippen LogP contribution in [0.4, 0.5) is 5.69 Å². The van der Waals surface area contributed by atoms with Gasteiger partial charge in [-0.25, -0.2) is 0 Å². The highest BCUT2D eigenvalue weighted by Crippen LogP contribution is 2.40. The normalized spacial score (nSPS) is 13.1. The number of ether oxygens (including phenoxy) is 1. The van der Waals surface area contributed by atoms with E-state index < -0.39 is 5.97 Å². The van der Waals surface area contributed by atoms with Crippen molar-refractivity contribution in [2.24, 2.45) is 4.99 Å². The maximum Gasteiger partial charge on any atom is 0.307 e. The summed E-state index contributed by atoms with van der Waals surface area (Å²) in [7, 11) is 5.69. The van der Waals surface area contributed by atoms with Gasteiger partial charge in [-0.05, 0) is 175 Å². The summed E-state index contributed by atoms with van der Waals surface area (Å²) in [6, 6.07) is 45.1. The third-order valence-corrected chi connectivity index (χ3v) is 20.0. The Morgan fingerprint density at radius 3 is 2.02 bits per heavy atom. The molecule has 1 fully saturated rings. The molecule has 0 amide bonds. The van der Waals surface area contributed by atoms with Crippen LogP contribution in [0, 0.1) is 6.92 Å². The minimum atomic E-state index is -0.975. The van der Waals surface area contributed by atoms with Gasteiger partial charge in [-0.3, -0.25) is 43.9 Å². The van der Waals surface area contributed by atoms with Gasteiger partial charge in [0.15, 0.2) is 11.6 Å². The Bertz CT molecular complexity index is 4050. The van der Waals surface area contributed by atoms with Crippen molar-refractivity contribution in [1.82, 2.24) is 15.0 Å². The van der Waals surface area contributed by atoms with Crippen LogP contribution < -0.4 is 10.5 Å². The van der Waals surface area contributed by atoms with Crippen molar-refractivity contribution < 1.29 is 38.6 Å². The Labute approximate surface area is 578 Å². The number of unbranched alkanes of at least 4 members (excludes halogenated alkanes) is 1. The van der Waals surface area contributed by atoms with Crippen molar-refractivity contribution in [2.75, 3.05) is 25.1 Å². The fraction of sp³-hybridized carbons (Fsp3) is 0.289. The molecule has 9 aromatic rings. The number of hydrogen-bond donors (Lipinski definition) is 2. The fourth-order valence-electron chi connectivity index (χ4n) is 9.95. The average molecular weight is 1410 g/mol. The zero-order valence-corrected chi connectivity index (χ0v) is 58.9. The van der Waals surface area contributed by atoms with Crippen LogP contribution in [0.15, 0.2) is 180 Å². The van der Waals surface area contributed by atoms with E-state index in [9.17, 15) is 28.8 Å². The summed E-state index contributed by atoms with van der Waals surface area (Å²) in [6.45, 7) is 11.3. The van der Waals surface area contributed by atoms with Crippen LogP contribution in [0.5, 0.6) is 5.75 Å². The number of benzene rings is 7. The number of carbonyl (C=O) groups is 6. The number of aliphatic carboxylic acids is 1. The highest BCUT2D eigenvalue weighted by atomic mass is 79.9. The van der Waals surface area contributed by atoms with Gasteiger partial charge in [-0.1, -0.05) is 161 Å². The molecule has 0 bridgehead atoms. The van der Waals surface area contributed by atoms with E-state index in [0.29, 0.717) is 50.9 Å². The third kappa shape index (κ3) is 24.5. The van der Waals surface area contributed by atoms with Gasteiger partial charge in [-0.2, -0.15) is 0 Å². The highest BCUT2D eigenvalue weighted by molar-refractivity contribution is 9.10. The average Bonchev–Trinajstić information content (AvgIpc) is 0.906. The number of anilines is 1. The summed E-state index contributed by atoms with van der Waals surface area (Å²) in [5.74, 6) is 1.70. The second-order valence-corrected chi connectivity index (χ2v) is 27.1. The predicted molar refractivity (Wildman–Crippen MR) is 391 cm³/mol. The number of nitrogen functional groups attached to an aromatic ring is 1. The Morgan fingerprint density at radius 2 is 1.40 bits per heavy atom. The largest absolute Gasteiger partial charge is 0.497 e. The summed E-state index contributed by atoms with van der Waals surface area (Å²) in [5.41, 5.74) is 17.7. The van der Waals surface area contributed by atoms with E-state index in [0.717, 1.165) is 97.3 Å². The number of pyridine rings is 1. The van der Waals surface area contributed by atoms with Gasteiger partial charge in [-0.15, -0.1) is 0 Å². The van der Waals surface area contributed by atoms with Crippen molar-refractivity contribution in [3.8, 4) is 5.75 Å². The van der Waals surface area contributed by atoms with Crippen LogP contribution in [0.1, 0.15) is 151 Å². The van der Waals surface area contributed by atoms with Gasteiger partial charge in [0.2, 0.25) is 0 Å². The number of aliphatic imine (C=N–C) groups is 1. The number of methoxy groups -OCH3 is 1. The predicted octanol–water partition coefficient (Wildman–Crippen LogP) is 18.4. The van der Waals surface area contributed by atoms with Gasteiger partial charge in [0.1, 0.15) is 28.6 Å². The van der Waals surface area contributed by atoms with E-state index in [1.165, 1.54) is 49.6 Å². The van der Waals surface area contributed by atoms with Crippen LogP contribution in [0.3, 0.4) is 0 Å². The number of halogens is 3. The molecule has 94 heavy (non-hydrogen) atoms. The van der Waals surface area contributed by atoms with Gasteiger partial charge < -0.3 is 20.4 Å². The Balaban J connectivity index is 0.000000181. The molecule has 0 spiro atoms. The number of aromatic nitrogens is 3. The topological polar surface area (TPSA) is 209 Å². The Morgan fingerprint density at radius 1 is 0.713 bits per heavy atom. The molecule has 1 saturated heterocycles. The van der Waals surface area contributed by atoms with Crippen molar-refractivity contribution >= 4 is 129 Å². The van der Waals surface area contributed by atoms with Crippen LogP contribution in [-0.4, -0.2) is 85.3 Å². The lowest BCUT2D eigenvalue weighted by atomic mass is 9.95. The van der Waals surface area contributed by atoms with E-state index in [1.807, 2.05) is 126 Å². The number of Topliss-reactive ketones (excluding diaryl/α,β-unsaturated/α-hetero) is 4. The number of rotatable bonds is 19. The van der Waals surface area contributed by atoms with E-state index in [4.69, 9.17) is 38.8 Å². The molecule has 0 unspecified atom stereocenters. The highest BCUT2D eigenvalue weighted by Gasteiger charge is 2.18. The van der Waals surface area contributed by atoms with Gasteiger partial charge in [0.05, 0.1) is 19.0 Å². The molecule has 4 heterocycles. The number of carbonyl (C=O) groups excluding carboxylic acids is 5. The lowest BCUT2D eigenvalue weighted by molar-refractivity contribution is -0.136. The van der Waals surface area contributed by atoms with Crippen LogP contribution in [0.25, 0.3) is 21.8 Å². The number of fused-ring (bicyclic) bond motifs is 2. The summed E-state index contributed by atoms with van der Waals surface area (Å²) in [5, 5.41) is 13.3. The molecule has 3 N–H and O–H groups in total. The number of hydrogen-bond acceptors (Lipinski definition) is 14. The minimum absolute atomic E-state index is 0.0403. The second-order valence-electron chi connectivity index (χ2n) is 22.7. The summed E-state index contributed by atoms with van der Waals surface area (Å²) in [4.78, 5) is 84.0. The van der Waals surface area contributed by atoms with Gasteiger partial charge >= 0.3 is 5.97 Å². The van der Waals surface area contributed by atoms with Crippen molar-refractivity contribution in [2.45, 2.75) is 123 Å². The Hall–Kier alpha value is -7.86. The van der Waals surface area contributed by atoms with Crippen LogP contribution in [0.2, 0.25) is 10.0 Å². The first-order valence-electron chi connectivity index (χ1n) is 31.0. The summed E-state index contributed by atoms with van der Waals surface area (Å²) in [6.07, 6.45) is 16.6. The molecule has 7 aromatic carbocycles. The molecule has 0 saturated carbocycles. The molecule has 2 aliphatic heterocycles. The Kier molecular flexibility index (Phi) is 31.3. The molecular weight excluding hydrogens is 1330 g/mol. The first kappa shape index (κ1) is 75.2. The maximum absolute atomic E-state index is 12.4. The smallest absolute Gasteiger partial charge is 0.307 e. The lowest BCUT2D eigenvalue weighted by Crippen LogP contribution is -2.10. The molecule has 18 heteroatoms. The van der Waals surface area contributed by atoms with E-state index in [2.05, 4.69) is 48.0 Å². The van der Waals surface area contributed by atoms with Crippen molar-refractivity contribution in [3.63, 3.8) is 0 Å². The molecule has 0 aliphatic carbocycles. The standard InChI is InChI=1S/C16H14Cl2O.C16H15NO3.C15H16O2.C13H12BrN3.C9H16OS2.C7H7NO/c1-11(19)9-12-5-2-3-6-13(12)10-14-15(17)7-4-8-16(14)18;1-10-5-7-11(8-6-10)16(20)13-4-2-3-12(15(13)17)9-14(18)19;1-10(11(2)16)12-4-5-14-9-15(17-3)7-6-13(14)8-12;14-12-9(8-10-2-1-5-15-10)3-4-11-13(12)17-7-6-16-11;1-8(10)4-2-3-5-9-6-7-11-12-9;1-6(9)7-3-2-4-8-5-7/h2-8H,9-10H2,1H3;2-8H,9,17H2,1H3,(H,18,19);4-10H,1-3H3;3-4,6-7H,1-2,5,8H2;9H,2-7H2,1H3;2-5H,1H3/t;;10-;;9-;/m..1.1./s1. The van der Waals surface area contributed by atoms with E-state index in [-0.39, 0.29) is 41.2 Å². The van der Waals surface area contributed by atoms with Gasteiger partial charge in [0, 0.05) is 117 Å². The number of aryl methyl sites for hydroxylation is 1. The van der Waals surface area contributed by atoms with Crippen LogP contribution in [-0.2, 0) is 44.9 Å². The monoisotopic (exact) mass is 1400 g/mol. The fourth-order valence-corrected chi connectivity index (χ4v) is 14.1. The molecule has 490 valence electrons. The van der Waals surface area contributed by atoms with Gasteiger partial charge in [0.25, 0.3) is 0 Å². The second kappa shape index (κ2) is 39.1. The number of carboxylic acid groups (broad SMARTS) is 1. The first-order valence-corrected chi connectivity index (χ1v) is 34.9. The number of nitrogens with two attached hydrogens (primary N) is 1. The quantitative estimate of drug-likeness (QED) is 0.0334. The van der Waals surface area contributed by atoms with E-state index >= 15 is 0 Å². The maximum atomic E-state index is 12.4. The van der Waals surface area contributed by atoms with Crippen molar-refractivity contribution in [3.05, 3.63) is 241 Å². The summed E-state index contributed by atoms with van der Waals surface area (Å²) < 4.78 is 6.24. The molecule has 2 atom stereocenters. The third-order valence-electron chi connectivity index (χ3n) is 15.4. The number of ketones is 5. The molecule has 13 nitrogen and oxygen atoms in total. The molecular formula is C76H80BrCl2N5O8S2. The van der Waals surface area contributed by atoms with E-state index in [1.54, 1.807) is 95.1 Å². The number of carboxylic acids is 1. The molecule has 2 aromatic heterocycles. The minimum Gasteiger partial charge on any atom is -0.497 e. The molecule has 0 radical (unpaired) electrons. The molecule has 11 rings (SSSR count). The lowest BCUT2D eigenvalue weighted by Gasteiger charge is -2.11. The van der Waals surface area contributed by atoms with Crippen LogP contribution >= 0.6 is 60.7 Å². The summed E-state index contributed by atoms with van der Waals surface area (Å²) >= 11 is 16.0. The zero-order chi connectivity index (χ0) is 68.1. The van der Waals surface area contributed by atoms with Crippen molar-refractivity contribution in [1.29, 1.82) is 0 Å². The number of para-hydroxylation sites is 1.